The summed E-state index contributed by atoms with van der Waals surface area (Å²) in [4.78, 5) is 14.6. The summed E-state index contributed by atoms with van der Waals surface area (Å²) in [5.74, 6) is 0.139. The number of nitrogens with zero attached hydrogens (tertiary/aromatic N) is 1. The molecule has 3 aromatic rings. The van der Waals surface area contributed by atoms with E-state index in [1.807, 2.05) is 54.6 Å². The maximum atomic E-state index is 13.1. The SMILES string of the molecule is O=C(COc1ccc(-c2ccccc2)cc1Cl)N(c1ccccc1)C1CCS(=O)(=O)C1. The molecule has 1 saturated heterocycles. The summed E-state index contributed by atoms with van der Waals surface area (Å²) in [6, 6.07) is 23.9. The van der Waals surface area contributed by atoms with Crippen LogP contribution in [0.25, 0.3) is 11.1 Å². The lowest BCUT2D eigenvalue weighted by Gasteiger charge is -2.28. The van der Waals surface area contributed by atoms with Gasteiger partial charge in [-0.1, -0.05) is 66.2 Å². The molecule has 31 heavy (non-hydrogen) atoms. The molecule has 1 aliphatic heterocycles. The summed E-state index contributed by atoms with van der Waals surface area (Å²) in [5, 5.41) is 0.406. The zero-order valence-electron chi connectivity index (χ0n) is 16.8. The molecule has 3 aromatic carbocycles. The van der Waals surface area contributed by atoms with E-state index in [0.717, 1.165) is 11.1 Å². The second kappa shape index (κ2) is 9.12. The third-order valence-electron chi connectivity index (χ3n) is 5.27. The molecule has 7 heteroatoms. The number of carbonyl (C=O) groups is 1. The number of benzene rings is 3. The Morgan fingerprint density at radius 2 is 1.65 bits per heavy atom. The van der Waals surface area contributed by atoms with Crippen LogP contribution in [0.4, 0.5) is 5.69 Å². The van der Waals surface area contributed by atoms with E-state index in [-0.39, 0.29) is 24.0 Å². The van der Waals surface area contributed by atoms with Crippen LogP contribution in [0.15, 0.2) is 78.9 Å². The van der Waals surface area contributed by atoms with E-state index in [0.29, 0.717) is 22.9 Å². The first kappa shape index (κ1) is 21.4. The first-order valence-corrected chi connectivity index (χ1v) is 12.2. The molecule has 1 amide bonds. The van der Waals surface area contributed by atoms with Crippen molar-refractivity contribution in [2.75, 3.05) is 23.0 Å². The fourth-order valence-corrected chi connectivity index (χ4v) is 5.70. The van der Waals surface area contributed by atoms with E-state index in [1.54, 1.807) is 24.3 Å². The molecule has 0 aromatic heterocycles. The molecular weight excluding hydrogens is 434 g/mol. The highest BCUT2D eigenvalue weighted by molar-refractivity contribution is 7.91. The lowest BCUT2D eigenvalue weighted by atomic mass is 10.1. The molecule has 0 spiro atoms. The first-order valence-electron chi connectivity index (χ1n) is 9.98. The van der Waals surface area contributed by atoms with E-state index in [9.17, 15) is 13.2 Å². The zero-order chi connectivity index (χ0) is 21.8. The highest BCUT2D eigenvalue weighted by Crippen LogP contribution is 2.31. The quantitative estimate of drug-likeness (QED) is 0.544. The maximum absolute atomic E-state index is 13.1. The fourth-order valence-electron chi connectivity index (χ4n) is 3.76. The number of anilines is 1. The normalized spacial score (nSPS) is 17.3. The summed E-state index contributed by atoms with van der Waals surface area (Å²) < 4.78 is 29.7. The van der Waals surface area contributed by atoms with Crippen LogP contribution in [-0.2, 0) is 14.6 Å². The molecule has 4 rings (SSSR count). The lowest BCUT2D eigenvalue weighted by molar-refractivity contribution is -0.121. The van der Waals surface area contributed by atoms with Crippen LogP contribution in [0.2, 0.25) is 5.02 Å². The van der Waals surface area contributed by atoms with Gasteiger partial charge in [0.2, 0.25) is 0 Å². The van der Waals surface area contributed by atoms with Crippen molar-refractivity contribution < 1.29 is 17.9 Å². The summed E-state index contributed by atoms with van der Waals surface area (Å²) in [7, 11) is -3.14. The van der Waals surface area contributed by atoms with Crippen LogP contribution in [-0.4, -0.2) is 38.5 Å². The van der Waals surface area contributed by atoms with Crippen molar-refractivity contribution in [3.63, 3.8) is 0 Å². The van der Waals surface area contributed by atoms with Gasteiger partial charge in [-0.3, -0.25) is 4.79 Å². The molecular formula is C24H22ClNO4S. The number of ether oxygens (including phenoxy) is 1. The second-order valence-electron chi connectivity index (χ2n) is 7.46. The van der Waals surface area contributed by atoms with Gasteiger partial charge in [0, 0.05) is 5.69 Å². The average Bonchev–Trinajstić information content (AvgIpc) is 3.13. The van der Waals surface area contributed by atoms with Crippen molar-refractivity contribution in [1.82, 2.24) is 0 Å². The van der Waals surface area contributed by atoms with Gasteiger partial charge < -0.3 is 9.64 Å². The van der Waals surface area contributed by atoms with Crippen LogP contribution < -0.4 is 9.64 Å². The van der Waals surface area contributed by atoms with Crippen LogP contribution in [0.1, 0.15) is 6.42 Å². The van der Waals surface area contributed by atoms with Crippen LogP contribution in [0.5, 0.6) is 5.75 Å². The highest BCUT2D eigenvalue weighted by Gasteiger charge is 2.35. The summed E-state index contributed by atoms with van der Waals surface area (Å²) in [6.45, 7) is -0.240. The molecule has 1 heterocycles. The Kier molecular flexibility index (Phi) is 6.30. The van der Waals surface area contributed by atoms with Gasteiger partial charge in [-0.2, -0.15) is 0 Å². The van der Waals surface area contributed by atoms with Crippen molar-refractivity contribution in [2.45, 2.75) is 12.5 Å². The van der Waals surface area contributed by atoms with Crippen LogP contribution >= 0.6 is 11.6 Å². The Labute approximate surface area is 187 Å². The topological polar surface area (TPSA) is 63.7 Å². The number of rotatable bonds is 6. The lowest BCUT2D eigenvalue weighted by Crippen LogP contribution is -2.43. The standard InChI is InChI=1S/C24H22ClNO4S/c25-22-15-19(18-7-3-1-4-8-18)11-12-23(22)30-16-24(27)26(20-9-5-2-6-10-20)21-13-14-31(28,29)17-21/h1-12,15,21H,13-14,16-17H2. The van der Waals surface area contributed by atoms with Crippen molar-refractivity contribution >= 4 is 33.0 Å². The maximum Gasteiger partial charge on any atom is 0.265 e. The molecule has 1 fully saturated rings. The average molecular weight is 456 g/mol. The van der Waals surface area contributed by atoms with Gasteiger partial charge in [-0.25, -0.2) is 8.42 Å². The number of para-hydroxylation sites is 1. The predicted molar refractivity (Wildman–Crippen MR) is 123 cm³/mol. The molecule has 1 unspecified atom stereocenters. The van der Waals surface area contributed by atoms with Crippen LogP contribution in [0.3, 0.4) is 0 Å². The number of hydrogen-bond acceptors (Lipinski definition) is 4. The molecule has 0 aliphatic carbocycles. The van der Waals surface area contributed by atoms with Crippen molar-refractivity contribution in [1.29, 1.82) is 0 Å². The van der Waals surface area contributed by atoms with Crippen molar-refractivity contribution in [3.8, 4) is 16.9 Å². The Morgan fingerprint density at radius 1 is 0.968 bits per heavy atom. The number of amides is 1. The molecule has 5 nitrogen and oxygen atoms in total. The smallest absolute Gasteiger partial charge is 0.265 e. The Bertz CT molecular complexity index is 1170. The number of hydrogen-bond donors (Lipinski definition) is 0. The van der Waals surface area contributed by atoms with Gasteiger partial charge in [0.25, 0.3) is 5.91 Å². The number of carbonyl (C=O) groups excluding carboxylic acids is 1. The van der Waals surface area contributed by atoms with E-state index in [1.165, 1.54) is 4.90 Å². The van der Waals surface area contributed by atoms with Crippen molar-refractivity contribution in [3.05, 3.63) is 83.9 Å². The first-order chi connectivity index (χ1) is 14.9. The summed E-state index contributed by atoms with van der Waals surface area (Å²) in [6.07, 6.45) is 0.412. The van der Waals surface area contributed by atoms with E-state index >= 15 is 0 Å². The minimum atomic E-state index is -3.14. The minimum absolute atomic E-state index is 0.0415. The Balaban J connectivity index is 1.50. The Hall–Kier alpha value is -2.83. The van der Waals surface area contributed by atoms with Gasteiger partial charge in [0.05, 0.1) is 22.6 Å². The molecule has 1 atom stereocenters. The molecule has 0 saturated carbocycles. The monoisotopic (exact) mass is 455 g/mol. The molecule has 0 radical (unpaired) electrons. The minimum Gasteiger partial charge on any atom is -0.482 e. The predicted octanol–water partition coefficient (Wildman–Crippen LogP) is 4.61. The number of sulfone groups is 1. The van der Waals surface area contributed by atoms with Crippen LogP contribution in [0, 0.1) is 0 Å². The summed E-state index contributed by atoms with van der Waals surface area (Å²) in [5.41, 5.74) is 2.64. The van der Waals surface area contributed by atoms with E-state index < -0.39 is 15.9 Å². The Morgan fingerprint density at radius 3 is 2.26 bits per heavy atom. The number of halogens is 1. The molecule has 1 aliphatic rings. The highest BCUT2D eigenvalue weighted by atomic mass is 35.5. The van der Waals surface area contributed by atoms with E-state index in [2.05, 4.69) is 0 Å². The van der Waals surface area contributed by atoms with Gasteiger partial charge in [-0.15, -0.1) is 0 Å². The molecule has 0 N–H and O–H groups in total. The second-order valence-corrected chi connectivity index (χ2v) is 10.1. The summed E-state index contributed by atoms with van der Waals surface area (Å²) >= 11 is 6.39. The van der Waals surface area contributed by atoms with Gasteiger partial charge in [0.15, 0.2) is 16.4 Å². The van der Waals surface area contributed by atoms with E-state index in [4.69, 9.17) is 16.3 Å². The zero-order valence-corrected chi connectivity index (χ0v) is 18.4. The van der Waals surface area contributed by atoms with Gasteiger partial charge in [0.1, 0.15) is 5.75 Å². The third kappa shape index (κ3) is 5.09. The fraction of sp³-hybridized carbons (Fsp3) is 0.208. The van der Waals surface area contributed by atoms with Gasteiger partial charge in [-0.05, 0) is 41.8 Å². The third-order valence-corrected chi connectivity index (χ3v) is 7.31. The molecule has 160 valence electrons. The van der Waals surface area contributed by atoms with Crippen molar-refractivity contribution in [2.24, 2.45) is 0 Å². The largest absolute Gasteiger partial charge is 0.482 e. The molecule has 0 bridgehead atoms. The van der Waals surface area contributed by atoms with Gasteiger partial charge >= 0.3 is 0 Å².